The molecule has 3 aliphatic heterocycles. The van der Waals surface area contributed by atoms with Crippen LogP contribution in [0.15, 0.2) is 48.5 Å². The summed E-state index contributed by atoms with van der Waals surface area (Å²) < 4.78 is 0. The summed E-state index contributed by atoms with van der Waals surface area (Å²) in [7, 11) is 0. The second kappa shape index (κ2) is 6.87. The minimum atomic E-state index is -1.60. The van der Waals surface area contributed by atoms with Gasteiger partial charge in [0.2, 0.25) is 5.91 Å². The molecule has 156 valence electrons. The van der Waals surface area contributed by atoms with E-state index in [0.29, 0.717) is 6.42 Å². The first-order valence-electron chi connectivity index (χ1n) is 10.0. The third kappa shape index (κ3) is 2.71. The predicted molar refractivity (Wildman–Crippen MR) is 106 cm³/mol. The van der Waals surface area contributed by atoms with Crippen molar-refractivity contribution in [1.29, 1.82) is 0 Å². The molecule has 0 saturated carbocycles. The standard InChI is InChI=1S/C23H18N2O6/c26-19(23(30)31)17-10-9-16-13-6-2-1-5-12(13)11-18(22(29)24(16)17)25-20(27)14-7-3-4-8-15(14)21(25)28/h1-8,16-18H,9-11H2,(H,30,31)/t16-,17+,18+/m1/s1. The molecule has 5 rings (SSSR count). The number of ketones is 1. The Labute approximate surface area is 177 Å². The number of hydrogen-bond acceptors (Lipinski definition) is 5. The van der Waals surface area contributed by atoms with Crippen LogP contribution in [0.4, 0.5) is 0 Å². The molecule has 3 amide bonds. The maximum Gasteiger partial charge on any atom is 0.374 e. The largest absolute Gasteiger partial charge is 0.475 e. The smallest absolute Gasteiger partial charge is 0.374 e. The van der Waals surface area contributed by atoms with Crippen molar-refractivity contribution in [2.45, 2.75) is 37.4 Å². The number of nitrogens with zero attached hydrogens (tertiary/aromatic N) is 2. The molecule has 8 heteroatoms. The normalized spacial score (nSPS) is 24.5. The number of carbonyl (C=O) groups excluding carboxylic acids is 4. The molecular weight excluding hydrogens is 400 g/mol. The Hall–Kier alpha value is -3.81. The number of aliphatic carboxylic acids is 1. The van der Waals surface area contributed by atoms with Gasteiger partial charge in [-0.15, -0.1) is 0 Å². The fraction of sp³-hybridized carbons (Fsp3) is 0.261. The van der Waals surface area contributed by atoms with Crippen LogP contribution in [0.2, 0.25) is 0 Å². The average molecular weight is 418 g/mol. The Balaban J connectivity index is 1.62. The van der Waals surface area contributed by atoms with Crippen molar-refractivity contribution in [3.05, 3.63) is 70.8 Å². The Kier molecular flexibility index (Phi) is 4.25. The van der Waals surface area contributed by atoms with Gasteiger partial charge in [0.15, 0.2) is 0 Å². The van der Waals surface area contributed by atoms with Gasteiger partial charge in [0, 0.05) is 6.42 Å². The van der Waals surface area contributed by atoms with Crippen LogP contribution in [0, 0.1) is 0 Å². The first kappa shape index (κ1) is 19.2. The molecule has 31 heavy (non-hydrogen) atoms. The van der Waals surface area contributed by atoms with Crippen LogP contribution in [-0.2, 0) is 20.8 Å². The predicted octanol–water partition coefficient (Wildman–Crippen LogP) is 1.59. The van der Waals surface area contributed by atoms with Gasteiger partial charge in [0.1, 0.15) is 12.1 Å². The fourth-order valence-electron chi connectivity index (χ4n) is 5.03. The minimum absolute atomic E-state index is 0.113. The maximum absolute atomic E-state index is 13.7. The third-order valence-corrected chi connectivity index (χ3v) is 6.40. The summed E-state index contributed by atoms with van der Waals surface area (Å²) in [4.78, 5) is 65.8. The molecule has 1 fully saturated rings. The molecule has 8 nitrogen and oxygen atoms in total. The molecular formula is C23H18N2O6. The van der Waals surface area contributed by atoms with Crippen LogP contribution in [0.3, 0.4) is 0 Å². The lowest BCUT2D eigenvalue weighted by atomic mass is 9.96. The number of carbonyl (C=O) groups is 5. The Morgan fingerprint density at radius 1 is 0.839 bits per heavy atom. The maximum atomic E-state index is 13.7. The Morgan fingerprint density at radius 3 is 2.10 bits per heavy atom. The second-order valence-corrected chi connectivity index (χ2v) is 7.97. The van der Waals surface area contributed by atoms with Gasteiger partial charge in [0.25, 0.3) is 17.6 Å². The van der Waals surface area contributed by atoms with E-state index in [1.165, 1.54) is 4.90 Å². The number of Topliss-reactive ketones (excluding diaryl/α,β-unsaturated/α-hetero) is 1. The number of carboxylic acids is 1. The molecule has 0 aromatic heterocycles. The lowest BCUT2D eigenvalue weighted by Crippen LogP contribution is -2.54. The van der Waals surface area contributed by atoms with Crippen molar-refractivity contribution in [3.63, 3.8) is 0 Å². The van der Waals surface area contributed by atoms with Gasteiger partial charge < -0.3 is 10.0 Å². The van der Waals surface area contributed by atoms with E-state index in [0.717, 1.165) is 16.0 Å². The minimum Gasteiger partial charge on any atom is -0.475 e. The van der Waals surface area contributed by atoms with Gasteiger partial charge >= 0.3 is 5.97 Å². The Bertz CT molecular complexity index is 1140. The molecule has 3 aliphatic rings. The quantitative estimate of drug-likeness (QED) is 0.599. The molecule has 1 N–H and O–H groups in total. The zero-order valence-electron chi connectivity index (χ0n) is 16.4. The van der Waals surface area contributed by atoms with Crippen molar-refractivity contribution in [1.82, 2.24) is 9.80 Å². The molecule has 3 heterocycles. The molecule has 1 saturated heterocycles. The molecule has 0 bridgehead atoms. The van der Waals surface area contributed by atoms with Crippen molar-refractivity contribution in [2.24, 2.45) is 0 Å². The van der Waals surface area contributed by atoms with Gasteiger partial charge in [-0.25, -0.2) is 4.79 Å². The van der Waals surface area contributed by atoms with E-state index in [-0.39, 0.29) is 24.0 Å². The zero-order chi connectivity index (χ0) is 21.9. The van der Waals surface area contributed by atoms with Crippen molar-refractivity contribution in [2.75, 3.05) is 0 Å². The van der Waals surface area contributed by atoms with E-state index >= 15 is 0 Å². The molecule has 0 radical (unpaired) electrons. The highest BCUT2D eigenvalue weighted by atomic mass is 16.4. The van der Waals surface area contributed by atoms with Gasteiger partial charge in [-0.2, -0.15) is 0 Å². The summed E-state index contributed by atoms with van der Waals surface area (Å²) in [6.45, 7) is 0. The van der Waals surface area contributed by atoms with E-state index in [9.17, 15) is 29.1 Å². The summed E-state index contributed by atoms with van der Waals surface area (Å²) in [6.07, 6.45) is 0.757. The van der Waals surface area contributed by atoms with E-state index in [4.69, 9.17) is 0 Å². The van der Waals surface area contributed by atoms with E-state index in [1.807, 2.05) is 24.3 Å². The number of carboxylic acid groups (broad SMARTS) is 1. The summed E-state index contributed by atoms with van der Waals surface area (Å²) >= 11 is 0. The topological polar surface area (TPSA) is 112 Å². The third-order valence-electron chi connectivity index (χ3n) is 6.40. The average Bonchev–Trinajstić information content (AvgIpc) is 3.28. The highest BCUT2D eigenvalue weighted by Crippen LogP contribution is 2.42. The molecule has 0 aliphatic carbocycles. The van der Waals surface area contributed by atoms with Gasteiger partial charge in [-0.3, -0.25) is 24.1 Å². The summed E-state index contributed by atoms with van der Waals surface area (Å²) in [5.74, 6) is -4.36. The molecule has 3 atom stereocenters. The number of benzene rings is 2. The van der Waals surface area contributed by atoms with Crippen molar-refractivity contribution < 1.29 is 29.1 Å². The first-order chi connectivity index (χ1) is 14.9. The van der Waals surface area contributed by atoms with E-state index in [1.54, 1.807) is 24.3 Å². The zero-order valence-corrected chi connectivity index (χ0v) is 16.4. The summed E-state index contributed by atoms with van der Waals surface area (Å²) in [5.41, 5.74) is 2.08. The van der Waals surface area contributed by atoms with Gasteiger partial charge in [0.05, 0.1) is 17.2 Å². The number of hydrogen-bond donors (Lipinski definition) is 1. The second-order valence-electron chi connectivity index (χ2n) is 7.97. The number of rotatable bonds is 3. The van der Waals surface area contributed by atoms with Crippen LogP contribution >= 0.6 is 0 Å². The Morgan fingerprint density at radius 2 is 1.45 bits per heavy atom. The van der Waals surface area contributed by atoms with Gasteiger partial charge in [-0.1, -0.05) is 36.4 Å². The SMILES string of the molecule is O=C(O)C(=O)[C@@H]1CC[C@@H]2c3ccccc3C[C@H](N3C(=O)c4ccccc4C3=O)C(=O)N21. The summed E-state index contributed by atoms with van der Waals surface area (Å²) in [6, 6.07) is 10.9. The van der Waals surface area contributed by atoms with Crippen molar-refractivity contribution in [3.8, 4) is 0 Å². The van der Waals surface area contributed by atoms with Crippen LogP contribution < -0.4 is 0 Å². The van der Waals surface area contributed by atoms with Crippen LogP contribution in [0.5, 0.6) is 0 Å². The lowest BCUT2D eigenvalue weighted by molar-refractivity contribution is -0.154. The van der Waals surface area contributed by atoms with Crippen LogP contribution in [-0.4, -0.2) is 56.5 Å². The van der Waals surface area contributed by atoms with Crippen LogP contribution in [0.25, 0.3) is 0 Å². The number of imide groups is 1. The molecule has 0 unspecified atom stereocenters. The van der Waals surface area contributed by atoms with Crippen molar-refractivity contribution >= 4 is 29.5 Å². The lowest BCUT2D eigenvalue weighted by Gasteiger charge is -2.32. The van der Waals surface area contributed by atoms with E-state index in [2.05, 4.69) is 0 Å². The monoisotopic (exact) mass is 418 g/mol. The molecule has 2 aromatic rings. The fourth-order valence-corrected chi connectivity index (χ4v) is 5.03. The number of fused-ring (bicyclic) bond motifs is 4. The number of amides is 3. The molecule has 0 spiro atoms. The van der Waals surface area contributed by atoms with Crippen LogP contribution in [0.1, 0.15) is 50.7 Å². The molecule has 2 aromatic carbocycles. The van der Waals surface area contributed by atoms with E-state index < -0.39 is 47.6 Å². The highest BCUT2D eigenvalue weighted by Gasteiger charge is 2.51. The first-order valence-corrected chi connectivity index (χ1v) is 10.0. The highest BCUT2D eigenvalue weighted by molar-refractivity contribution is 6.35. The summed E-state index contributed by atoms with van der Waals surface area (Å²) in [5, 5.41) is 9.26. The van der Waals surface area contributed by atoms with Gasteiger partial charge in [-0.05, 0) is 36.1 Å².